The molecule has 3 atom stereocenters. The summed E-state index contributed by atoms with van der Waals surface area (Å²) in [5, 5.41) is 12.6. The van der Waals surface area contributed by atoms with Crippen molar-refractivity contribution in [2.75, 3.05) is 13.1 Å². The molecule has 0 spiro atoms. The number of rotatable bonds is 5. The van der Waals surface area contributed by atoms with Gasteiger partial charge in [-0.25, -0.2) is 0 Å². The van der Waals surface area contributed by atoms with Crippen molar-refractivity contribution >= 4 is 29.4 Å². The Hall–Kier alpha value is -2.08. The van der Waals surface area contributed by atoms with Crippen molar-refractivity contribution in [3.63, 3.8) is 0 Å². The van der Waals surface area contributed by atoms with Gasteiger partial charge in [-0.05, 0) is 30.0 Å². The normalized spacial score (nSPS) is 21.5. The number of halogens is 1. The van der Waals surface area contributed by atoms with Gasteiger partial charge in [0.15, 0.2) is 0 Å². The van der Waals surface area contributed by atoms with Crippen LogP contribution < -0.4 is 5.32 Å². The third kappa shape index (κ3) is 5.46. The third-order valence-electron chi connectivity index (χ3n) is 4.39. The van der Waals surface area contributed by atoms with Gasteiger partial charge < -0.3 is 15.3 Å². The maximum atomic E-state index is 12.7. The number of nitrogens with one attached hydrogen (secondary N) is 1. The first-order valence-electron chi connectivity index (χ1n) is 8.29. The summed E-state index contributed by atoms with van der Waals surface area (Å²) in [5.74, 6) is -1.67. The lowest BCUT2D eigenvalue weighted by molar-refractivity contribution is -0.147. The lowest BCUT2D eigenvalue weighted by Gasteiger charge is -2.35. The number of carbonyl (C=O) groups is 3. The number of hydrogen-bond acceptors (Lipinski definition) is 3. The topological polar surface area (TPSA) is 86.7 Å². The van der Waals surface area contributed by atoms with E-state index in [0.29, 0.717) is 18.0 Å². The first-order valence-corrected chi connectivity index (χ1v) is 8.67. The zero-order valence-corrected chi connectivity index (χ0v) is 15.1. The summed E-state index contributed by atoms with van der Waals surface area (Å²) in [7, 11) is 0. The van der Waals surface area contributed by atoms with Crippen LogP contribution >= 0.6 is 11.6 Å². The number of aliphatic carboxylic acids is 1. The van der Waals surface area contributed by atoms with Crippen molar-refractivity contribution in [3.05, 3.63) is 34.9 Å². The van der Waals surface area contributed by atoms with Gasteiger partial charge >= 0.3 is 5.97 Å². The van der Waals surface area contributed by atoms with E-state index in [9.17, 15) is 19.5 Å². The standard InChI is InChI=1S/C18H23ClN2O4/c1-11-7-14(18(24)25)10-21(9-11)17(23)8-16(20-12(2)22)13-3-5-15(19)6-4-13/h3-6,11,14,16H,7-10H2,1-2H3,(H,20,22)(H,24,25). The molecule has 0 radical (unpaired) electrons. The number of likely N-dealkylation sites (tertiary alicyclic amines) is 1. The molecule has 1 fully saturated rings. The Balaban J connectivity index is 2.11. The highest BCUT2D eigenvalue weighted by atomic mass is 35.5. The Bertz CT molecular complexity index is 647. The second kappa shape index (κ2) is 8.34. The Labute approximate surface area is 152 Å². The van der Waals surface area contributed by atoms with Gasteiger partial charge in [0.2, 0.25) is 11.8 Å². The van der Waals surface area contributed by atoms with Gasteiger partial charge in [-0.15, -0.1) is 0 Å². The number of amides is 2. The molecule has 25 heavy (non-hydrogen) atoms. The van der Waals surface area contributed by atoms with Crippen molar-refractivity contribution in [2.45, 2.75) is 32.7 Å². The smallest absolute Gasteiger partial charge is 0.308 e. The summed E-state index contributed by atoms with van der Waals surface area (Å²) in [6.45, 7) is 4.10. The molecular formula is C18H23ClN2O4. The average molecular weight is 367 g/mol. The highest BCUT2D eigenvalue weighted by Gasteiger charge is 2.32. The van der Waals surface area contributed by atoms with E-state index in [1.54, 1.807) is 29.2 Å². The molecule has 0 saturated carbocycles. The van der Waals surface area contributed by atoms with Crippen LogP contribution in [0.2, 0.25) is 5.02 Å². The van der Waals surface area contributed by atoms with E-state index in [1.807, 2.05) is 6.92 Å². The van der Waals surface area contributed by atoms with Crippen LogP contribution in [-0.2, 0) is 14.4 Å². The van der Waals surface area contributed by atoms with Crippen LogP contribution in [0, 0.1) is 11.8 Å². The Morgan fingerprint density at radius 3 is 2.48 bits per heavy atom. The van der Waals surface area contributed by atoms with Gasteiger partial charge in [-0.2, -0.15) is 0 Å². The highest BCUT2D eigenvalue weighted by molar-refractivity contribution is 6.30. The van der Waals surface area contributed by atoms with Crippen molar-refractivity contribution in [3.8, 4) is 0 Å². The van der Waals surface area contributed by atoms with Crippen LogP contribution in [0.4, 0.5) is 0 Å². The summed E-state index contributed by atoms with van der Waals surface area (Å²) >= 11 is 5.89. The Morgan fingerprint density at radius 2 is 1.92 bits per heavy atom. The van der Waals surface area contributed by atoms with Crippen LogP contribution in [0.1, 0.15) is 38.3 Å². The molecule has 1 aromatic rings. The quantitative estimate of drug-likeness (QED) is 0.838. The summed E-state index contributed by atoms with van der Waals surface area (Å²) in [4.78, 5) is 37.1. The lowest BCUT2D eigenvalue weighted by Crippen LogP contribution is -2.46. The Kier molecular flexibility index (Phi) is 6.42. The van der Waals surface area contributed by atoms with Crippen LogP contribution in [0.3, 0.4) is 0 Å². The number of carboxylic acids is 1. The average Bonchev–Trinajstić information content (AvgIpc) is 2.53. The maximum Gasteiger partial charge on any atom is 0.308 e. The van der Waals surface area contributed by atoms with Gasteiger partial charge in [0.25, 0.3) is 0 Å². The van der Waals surface area contributed by atoms with E-state index < -0.39 is 17.9 Å². The van der Waals surface area contributed by atoms with E-state index in [-0.39, 0.29) is 30.7 Å². The second-order valence-corrected chi connectivity index (χ2v) is 7.12. The fourth-order valence-electron chi connectivity index (χ4n) is 3.23. The molecule has 7 heteroatoms. The van der Waals surface area contributed by atoms with Crippen LogP contribution in [0.25, 0.3) is 0 Å². The monoisotopic (exact) mass is 366 g/mol. The molecule has 0 bridgehead atoms. The van der Waals surface area contributed by atoms with E-state index in [1.165, 1.54) is 6.92 Å². The number of carbonyl (C=O) groups excluding carboxylic acids is 2. The SMILES string of the molecule is CC(=O)NC(CC(=O)N1CC(C)CC(C(=O)O)C1)c1ccc(Cl)cc1. The highest BCUT2D eigenvalue weighted by Crippen LogP contribution is 2.25. The molecular weight excluding hydrogens is 344 g/mol. The fraction of sp³-hybridized carbons (Fsp3) is 0.500. The maximum absolute atomic E-state index is 12.7. The van der Waals surface area contributed by atoms with E-state index in [0.717, 1.165) is 5.56 Å². The first kappa shape index (κ1) is 19.2. The van der Waals surface area contributed by atoms with Gasteiger partial charge in [0, 0.05) is 25.0 Å². The molecule has 1 aromatic carbocycles. The third-order valence-corrected chi connectivity index (χ3v) is 4.64. The molecule has 3 unspecified atom stereocenters. The number of hydrogen-bond donors (Lipinski definition) is 2. The van der Waals surface area contributed by atoms with Gasteiger partial charge in [-0.1, -0.05) is 30.7 Å². The molecule has 2 amide bonds. The summed E-state index contributed by atoms with van der Waals surface area (Å²) in [6.07, 6.45) is 0.658. The van der Waals surface area contributed by atoms with Crippen molar-refractivity contribution in [1.29, 1.82) is 0 Å². The molecule has 1 aliphatic heterocycles. The van der Waals surface area contributed by atoms with Crippen molar-refractivity contribution in [1.82, 2.24) is 10.2 Å². The molecule has 0 aromatic heterocycles. The minimum atomic E-state index is -0.875. The number of benzene rings is 1. The van der Waals surface area contributed by atoms with Crippen molar-refractivity contribution < 1.29 is 19.5 Å². The molecule has 1 heterocycles. The molecule has 1 aliphatic rings. The van der Waals surface area contributed by atoms with Crippen LogP contribution in [-0.4, -0.2) is 40.9 Å². The Morgan fingerprint density at radius 1 is 1.28 bits per heavy atom. The van der Waals surface area contributed by atoms with Gasteiger partial charge in [-0.3, -0.25) is 14.4 Å². The molecule has 2 N–H and O–H groups in total. The van der Waals surface area contributed by atoms with Gasteiger partial charge in [0.05, 0.1) is 18.4 Å². The minimum Gasteiger partial charge on any atom is -0.481 e. The second-order valence-electron chi connectivity index (χ2n) is 6.68. The molecule has 136 valence electrons. The molecule has 0 aliphatic carbocycles. The predicted molar refractivity (Wildman–Crippen MR) is 94.1 cm³/mol. The van der Waals surface area contributed by atoms with Crippen LogP contribution in [0.15, 0.2) is 24.3 Å². The zero-order valence-electron chi connectivity index (χ0n) is 14.4. The summed E-state index contributed by atoms with van der Waals surface area (Å²) in [5.41, 5.74) is 0.785. The first-order chi connectivity index (χ1) is 11.8. The predicted octanol–water partition coefficient (Wildman–Crippen LogP) is 2.48. The number of piperidine rings is 1. The number of nitrogens with zero attached hydrogens (tertiary/aromatic N) is 1. The lowest BCUT2D eigenvalue weighted by atomic mass is 9.90. The fourth-order valence-corrected chi connectivity index (χ4v) is 3.36. The molecule has 6 nitrogen and oxygen atoms in total. The summed E-state index contributed by atoms with van der Waals surface area (Å²) in [6, 6.07) is 6.49. The van der Waals surface area contributed by atoms with E-state index in [4.69, 9.17) is 11.6 Å². The molecule has 2 rings (SSSR count). The molecule has 1 saturated heterocycles. The largest absolute Gasteiger partial charge is 0.481 e. The van der Waals surface area contributed by atoms with E-state index >= 15 is 0 Å². The van der Waals surface area contributed by atoms with E-state index in [2.05, 4.69) is 5.32 Å². The number of carboxylic acid groups (broad SMARTS) is 1. The minimum absolute atomic E-state index is 0.0836. The van der Waals surface area contributed by atoms with Crippen LogP contribution in [0.5, 0.6) is 0 Å². The van der Waals surface area contributed by atoms with Gasteiger partial charge in [0.1, 0.15) is 0 Å². The van der Waals surface area contributed by atoms with Crippen molar-refractivity contribution in [2.24, 2.45) is 11.8 Å². The summed E-state index contributed by atoms with van der Waals surface area (Å²) < 4.78 is 0. The zero-order chi connectivity index (χ0) is 18.6.